The van der Waals surface area contributed by atoms with E-state index in [2.05, 4.69) is 10.3 Å². The number of aromatic nitrogens is 1. The van der Waals surface area contributed by atoms with E-state index in [0.717, 1.165) is 22.8 Å². The van der Waals surface area contributed by atoms with Gasteiger partial charge in [-0.25, -0.2) is 0 Å². The zero-order chi connectivity index (χ0) is 12.1. The summed E-state index contributed by atoms with van der Waals surface area (Å²) in [6.45, 7) is 2.01. The van der Waals surface area contributed by atoms with Gasteiger partial charge in [-0.1, -0.05) is 0 Å². The Morgan fingerprint density at radius 3 is 2.88 bits per heavy atom. The maximum atomic E-state index is 12.0. The van der Waals surface area contributed by atoms with Gasteiger partial charge in [-0.15, -0.1) is 11.8 Å². The van der Waals surface area contributed by atoms with Crippen LogP contribution in [0.4, 0.5) is 0 Å². The number of carbonyl (C=O) groups is 1. The maximum Gasteiger partial charge on any atom is 0.234 e. The van der Waals surface area contributed by atoms with Crippen LogP contribution in [0.3, 0.4) is 0 Å². The van der Waals surface area contributed by atoms with E-state index in [1.165, 1.54) is 0 Å². The highest BCUT2D eigenvalue weighted by Crippen LogP contribution is 2.24. The molecule has 0 radical (unpaired) electrons. The fourth-order valence-electron chi connectivity index (χ4n) is 1.68. The van der Waals surface area contributed by atoms with Crippen LogP contribution in [-0.4, -0.2) is 33.4 Å². The molecule has 1 aliphatic heterocycles. The Balaban J connectivity index is 1.89. The minimum Gasteiger partial charge on any atom is -0.349 e. The molecular weight excluding hydrogens is 252 g/mol. The lowest BCUT2D eigenvalue weighted by atomic mass is 10.1. The highest BCUT2D eigenvalue weighted by Gasteiger charge is 2.23. The Hall–Kier alpha value is -0.680. The molecule has 92 valence electrons. The van der Waals surface area contributed by atoms with Gasteiger partial charge in [0.15, 0.2) is 0 Å². The highest BCUT2D eigenvalue weighted by atomic mass is 32.2. The Morgan fingerprint density at radius 2 is 2.24 bits per heavy atom. The topological polar surface area (TPSA) is 42.0 Å². The number of pyridine rings is 1. The summed E-state index contributed by atoms with van der Waals surface area (Å²) in [7, 11) is 0. The first-order chi connectivity index (χ1) is 8.27. The molecule has 1 fully saturated rings. The van der Waals surface area contributed by atoms with E-state index < -0.39 is 0 Å². The van der Waals surface area contributed by atoms with Crippen LogP contribution in [0.5, 0.6) is 0 Å². The van der Waals surface area contributed by atoms with Gasteiger partial charge in [-0.05, 0) is 24.6 Å². The van der Waals surface area contributed by atoms with Gasteiger partial charge in [-0.2, -0.15) is 11.8 Å². The fraction of sp³-hybridized carbons (Fsp3) is 0.500. The number of carbonyl (C=O) groups excluding carboxylic acids is 1. The van der Waals surface area contributed by atoms with Crippen molar-refractivity contribution in [1.82, 2.24) is 10.3 Å². The Morgan fingerprint density at radius 1 is 1.47 bits per heavy atom. The van der Waals surface area contributed by atoms with Crippen molar-refractivity contribution in [2.45, 2.75) is 18.2 Å². The molecule has 2 rings (SSSR count). The molecule has 0 aliphatic carbocycles. The predicted octanol–water partition coefficient (Wildman–Crippen LogP) is 2.11. The standard InChI is InChI=1S/C12H16N2OS2/c1-9(10-2-4-13-5-3-10)14-12(15)11-8-16-6-7-17-11/h2-5,9,11H,6-8H2,1H3,(H,14,15). The average Bonchev–Trinajstić information content (AvgIpc) is 2.40. The monoisotopic (exact) mass is 268 g/mol. The van der Waals surface area contributed by atoms with E-state index in [4.69, 9.17) is 0 Å². The lowest BCUT2D eigenvalue weighted by Crippen LogP contribution is -2.37. The number of nitrogens with one attached hydrogen (secondary N) is 1. The van der Waals surface area contributed by atoms with Crippen LogP contribution in [0.25, 0.3) is 0 Å². The van der Waals surface area contributed by atoms with Gasteiger partial charge in [0, 0.05) is 29.7 Å². The first-order valence-corrected chi connectivity index (χ1v) is 7.87. The van der Waals surface area contributed by atoms with Gasteiger partial charge in [0.2, 0.25) is 5.91 Å². The Bertz CT molecular complexity index is 366. The zero-order valence-electron chi connectivity index (χ0n) is 9.76. The second kappa shape index (κ2) is 6.31. The minimum atomic E-state index is 0.0537. The summed E-state index contributed by atoms with van der Waals surface area (Å²) in [6, 6.07) is 3.93. The SMILES string of the molecule is CC(NC(=O)C1CSCCS1)c1ccncc1. The lowest BCUT2D eigenvalue weighted by Gasteiger charge is -2.22. The van der Waals surface area contributed by atoms with Crippen molar-refractivity contribution in [3.05, 3.63) is 30.1 Å². The number of nitrogens with zero attached hydrogens (tertiary/aromatic N) is 1. The molecule has 0 aromatic carbocycles. The molecule has 1 saturated heterocycles. The molecular formula is C12H16N2OS2. The van der Waals surface area contributed by atoms with Crippen molar-refractivity contribution < 1.29 is 4.79 Å². The molecule has 2 unspecified atom stereocenters. The van der Waals surface area contributed by atoms with E-state index in [1.807, 2.05) is 30.8 Å². The normalized spacial score (nSPS) is 21.8. The molecule has 3 nitrogen and oxygen atoms in total. The van der Waals surface area contributed by atoms with Gasteiger partial charge in [0.1, 0.15) is 0 Å². The van der Waals surface area contributed by atoms with Crippen molar-refractivity contribution in [1.29, 1.82) is 0 Å². The second-order valence-corrected chi connectivity index (χ2v) is 6.41. The van der Waals surface area contributed by atoms with Crippen LogP contribution in [0, 0.1) is 0 Å². The zero-order valence-corrected chi connectivity index (χ0v) is 11.4. The number of rotatable bonds is 3. The summed E-state index contributed by atoms with van der Waals surface area (Å²) in [5, 5.41) is 3.17. The third-order valence-electron chi connectivity index (χ3n) is 2.67. The average molecular weight is 268 g/mol. The van der Waals surface area contributed by atoms with Crippen LogP contribution >= 0.6 is 23.5 Å². The summed E-state index contributed by atoms with van der Waals surface area (Å²) in [6.07, 6.45) is 3.51. The van der Waals surface area contributed by atoms with Crippen LogP contribution in [0.2, 0.25) is 0 Å². The molecule has 1 N–H and O–H groups in total. The summed E-state index contributed by atoms with van der Waals surface area (Å²) >= 11 is 3.63. The van der Waals surface area contributed by atoms with Crippen molar-refractivity contribution in [2.24, 2.45) is 0 Å². The van der Waals surface area contributed by atoms with Gasteiger partial charge in [-0.3, -0.25) is 9.78 Å². The summed E-state index contributed by atoms with van der Waals surface area (Å²) in [5.74, 6) is 3.33. The summed E-state index contributed by atoms with van der Waals surface area (Å²) < 4.78 is 0. The Kier molecular flexibility index (Phi) is 4.74. The maximum absolute atomic E-state index is 12.0. The second-order valence-electron chi connectivity index (χ2n) is 3.95. The highest BCUT2D eigenvalue weighted by molar-refractivity contribution is 8.07. The minimum absolute atomic E-state index is 0.0537. The van der Waals surface area contributed by atoms with Gasteiger partial charge < -0.3 is 5.32 Å². The molecule has 2 atom stereocenters. The van der Waals surface area contributed by atoms with E-state index in [0.29, 0.717) is 0 Å². The molecule has 1 amide bonds. The summed E-state index contributed by atoms with van der Waals surface area (Å²) in [5.41, 5.74) is 1.10. The quantitative estimate of drug-likeness (QED) is 0.911. The molecule has 1 aromatic rings. The lowest BCUT2D eigenvalue weighted by molar-refractivity contribution is -0.120. The molecule has 17 heavy (non-hydrogen) atoms. The Labute approximate surface area is 110 Å². The number of thioether (sulfide) groups is 2. The van der Waals surface area contributed by atoms with Crippen LogP contribution < -0.4 is 5.32 Å². The molecule has 1 aliphatic rings. The van der Waals surface area contributed by atoms with Crippen molar-refractivity contribution in [3.8, 4) is 0 Å². The smallest absolute Gasteiger partial charge is 0.234 e. The number of amides is 1. The van der Waals surface area contributed by atoms with E-state index in [-0.39, 0.29) is 17.2 Å². The van der Waals surface area contributed by atoms with Gasteiger partial charge in [0.25, 0.3) is 0 Å². The molecule has 0 spiro atoms. The fourth-order valence-corrected chi connectivity index (χ4v) is 4.25. The predicted molar refractivity (Wildman–Crippen MR) is 74.4 cm³/mol. The first-order valence-electron chi connectivity index (χ1n) is 5.67. The third-order valence-corrected chi connectivity index (χ3v) is 5.43. The van der Waals surface area contributed by atoms with Crippen LogP contribution in [0.15, 0.2) is 24.5 Å². The molecule has 1 aromatic heterocycles. The van der Waals surface area contributed by atoms with Crippen molar-refractivity contribution in [2.75, 3.05) is 17.3 Å². The largest absolute Gasteiger partial charge is 0.349 e. The molecule has 5 heteroatoms. The molecule has 0 saturated carbocycles. The van der Waals surface area contributed by atoms with Crippen molar-refractivity contribution in [3.63, 3.8) is 0 Å². The van der Waals surface area contributed by atoms with E-state index in [1.54, 1.807) is 24.2 Å². The van der Waals surface area contributed by atoms with Crippen LogP contribution in [-0.2, 0) is 4.79 Å². The summed E-state index contributed by atoms with van der Waals surface area (Å²) in [4.78, 5) is 16.0. The first kappa shape index (κ1) is 12.8. The third kappa shape index (κ3) is 3.64. The van der Waals surface area contributed by atoms with Crippen molar-refractivity contribution >= 4 is 29.4 Å². The molecule has 0 bridgehead atoms. The van der Waals surface area contributed by atoms with Gasteiger partial charge in [0.05, 0.1) is 11.3 Å². The van der Waals surface area contributed by atoms with E-state index in [9.17, 15) is 4.79 Å². The number of hydrogen-bond acceptors (Lipinski definition) is 4. The van der Waals surface area contributed by atoms with E-state index >= 15 is 0 Å². The van der Waals surface area contributed by atoms with Crippen LogP contribution in [0.1, 0.15) is 18.5 Å². The number of hydrogen-bond donors (Lipinski definition) is 1. The van der Waals surface area contributed by atoms with Gasteiger partial charge >= 0.3 is 0 Å². The molecule has 2 heterocycles.